The van der Waals surface area contributed by atoms with E-state index in [1.54, 1.807) is 13.0 Å². The van der Waals surface area contributed by atoms with Crippen LogP contribution in [-0.4, -0.2) is 39.5 Å². The first kappa shape index (κ1) is 16.2. The van der Waals surface area contributed by atoms with Gasteiger partial charge in [-0.3, -0.25) is 14.9 Å². The Hall–Kier alpha value is -2.20. The van der Waals surface area contributed by atoms with Crippen molar-refractivity contribution in [3.8, 4) is 0 Å². The minimum absolute atomic E-state index is 0.122. The fourth-order valence-corrected chi connectivity index (χ4v) is 2.89. The molecule has 0 fully saturated rings. The molecule has 2 rings (SSSR count). The van der Waals surface area contributed by atoms with Crippen LogP contribution in [-0.2, 0) is 4.79 Å². The number of aryl methyl sites for hydroxylation is 1. The minimum atomic E-state index is -0.423. The highest BCUT2D eigenvalue weighted by molar-refractivity contribution is 8.01. The number of carbonyl (C=O) groups excluding carboxylic acids is 2. The van der Waals surface area contributed by atoms with Crippen molar-refractivity contribution in [3.63, 3.8) is 0 Å². The lowest BCUT2D eigenvalue weighted by Gasteiger charge is -1.99. The first-order valence-corrected chi connectivity index (χ1v) is 7.97. The van der Waals surface area contributed by atoms with Crippen LogP contribution < -0.4 is 10.6 Å². The lowest BCUT2D eigenvalue weighted by atomic mass is 10.4. The normalized spacial score (nSPS) is 10.2. The summed E-state index contributed by atoms with van der Waals surface area (Å²) in [5.74, 6) is 0.222. The number of carbonyl (C=O) groups is 2. The van der Waals surface area contributed by atoms with Gasteiger partial charge in [-0.2, -0.15) is 0 Å². The van der Waals surface area contributed by atoms with Gasteiger partial charge in [-0.25, -0.2) is 0 Å². The number of aromatic nitrogens is 3. The quantitative estimate of drug-likeness (QED) is 0.446. The molecule has 2 heterocycles. The summed E-state index contributed by atoms with van der Waals surface area (Å²) in [6, 6.07) is 1.52. The predicted octanol–water partition coefficient (Wildman–Crippen LogP) is 1.48. The SMILES string of the molecule is C=CCNC(=O)CSc1nnc(NC(=O)c2cc(C)on2)s1. The van der Waals surface area contributed by atoms with Gasteiger partial charge in [0, 0.05) is 12.6 Å². The molecule has 0 atom stereocenters. The molecule has 2 aromatic heterocycles. The predicted molar refractivity (Wildman–Crippen MR) is 83.0 cm³/mol. The van der Waals surface area contributed by atoms with E-state index in [0.29, 0.717) is 21.8 Å². The molecule has 2 amide bonds. The van der Waals surface area contributed by atoms with Gasteiger partial charge < -0.3 is 9.84 Å². The average molecular weight is 339 g/mol. The Balaban J connectivity index is 1.85. The van der Waals surface area contributed by atoms with E-state index < -0.39 is 5.91 Å². The molecule has 0 radical (unpaired) electrons. The van der Waals surface area contributed by atoms with Crippen molar-refractivity contribution in [1.82, 2.24) is 20.7 Å². The van der Waals surface area contributed by atoms with E-state index in [0.717, 1.165) is 0 Å². The van der Waals surface area contributed by atoms with Crippen LogP contribution in [0.1, 0.15) is 16.2 Å². The molecule has 0 unspecified atom stereocenters. The lowest BCUT2D eigenvalue weighted by molar-refractivity contribution is -0.118. The zero-order valence-electron chi connectivity index (χ0n) is 11.7. The first-order valence-electron chi connectivity index (χ1n) is 6.17. The van der Waals surface area contributed by atoms with Crippen LogP contribution in [0, 0.1) is 6.92 Å². The van der Waals surface area contributed by atoms with Gasteiger partial charge in [0.05, 0.1) is 5.75 Å². The van der Waals surface area contributed by atoms with E-state index in [1.165, 1.54) is 29.2 Å². The second-order valence-electron chi connectivity index (χ2n) is 4.03. The third-order valence-electron chi connectivity index (χ3n) is 2.26. The Morgan fingerprint density at radius 3 is 3.00 bits per heavy atom. The summed E-state index contributed by atoms with van der Waals surface area (Å²) >= 11 is 2.42. The van der Waals surface area contributed by atoms with Crippen LogP contribution in [0.15, 0.2) is 27.6 Å². The van der Waals surface area contributed by atoms with Crippen molar-refractivity contribution in [1.29, 1.82) is 0 Å². The summed E-state index contributed by atoms with van der Waals surface area (Å²) in [7, 11) is 0. The van der Waals surface area contributed by atoms with Gasteiger partial charge in [0.15, 0.2) is 10.0 Å². The smallest absolute Gasteiger partial charge is 0.279 e. The molecule has 0 aliphatic rings. The number of nitrogens with one attached hydrogen (secondary N) is 2. The molecular weight excluding hydrogens is 326 g/mol. The Morgan fingerprint density at radius 2 is 2.32 bits per heavy atom. The largest absolute Gasteiger partial charge is 0.361 e. The van der Waals surface area contributed by atoms with Crippen LogP contribution in [0.4, 0.5) is 5.13 Å². The monoisotopic (exact) mass is 339 g/mol. The van der Waals surface area contributed by atoms with E-state index >= 15 is 0 Å². The number of hydrogen-bond donors (Lipinski definition) is 2. The van der Waals surface area contributed by atoms with Crippen LogP contribution in [0.25, 0.3) is 0 Å². The van der Waals surface area contributed by atoms with Crippen molar-refractivity contribution < 1.29 is 14.1 Å². The molecule has 116 valence electrons. The molecule has 22 heavy (non-hydrogen) atoms. The molecule has 0 saturated heterocycles. The Morgan fingerprint density at radius 1 is 1.50 bits per heavy atom. The number of rotatable bonds is 7. The van der Waals surface area contributed by atoms with Crippen molar-refractivity contribution in [3.05, 3.63) is 30.2 Å². The van der Waals surface area contributed by atoms with Crippen LogP contribution in [0.2, 0.25) is 0 Å². The van der Waals surface area contributed by atoms with Crippen LogP contribution >= 0.6 is 23.1 Å². The fraction of sp³-hybridized carbons (Fsp3) is 0.250. The van der Waals surface area contributed by atoms with E-state index in [4.69, 9.17) is 4.52 Å². The van der Waals surface area contributed by atoms with Crippen molar-refractivity contribution in [2.24, 2.45) is 0 Å². The van der Waals surface area contributed by atoms with Gasteiger partial charge >= 0.3 is 0 Å². The maximum atomic E-state index is 11.8. The summed E-state index contributed by atoms with van der Waals surface area (Å²) in [4.78, 5) is 23.3. The van der Waals surface area contributed by atoms with Crippen molar-refractivity contribution >= 4 is 40.0 Å². The molecule has 10 heteroatoms. The molecular formula is C12H13N5O3S2. The van der Waals surface area contributed by atoms with Gasteiger partial charge in [-0.05, 0) is 6.92 Å². The van der Waals surface area contributed by atoms with Gasteiger partial charge in [-0.15, -0.1) is 16.8 Å². The molecule has 0 bridgehead atoms. The van der Waals surface area contributed by atoms with Gasteiger partial charge in [0.2, 0.25) is 11.0 Å². The third-order valence-corrected chi connectivity index (χ3v) is 4.23. The first-order chi connectivity index (χ1) is 10.6. The average Bonchev–Trinajstić information content (AvgIpc) is 3.12. The standard InChI is InChI=1S/C12H13N5O3S2/c1-3-4-13-9(18)6-21-12-16-15-11(22-12)14-10(19)8-5-7(2)20-17-8/h3,5H,1,4,6H2,2H3,(H,13,18)(H,14,15,19). The second-order valence-corrected chi connectivity index (χ2v) is 6.23. The fourth-order valence-electron chi connectivity index (χ4n) is 1.32. The van der Waals surface area contributed by atoms with E-state index in [9.17, 15) is 9.59 Å². The summed E-state index contributed by atoms with van der Waals surface area (Å²) in [6.45, 7) is 5.63. The Labute approximate surface area is 134 Å². The number of nitrogens with zero attached hydrogens (tertiary/aromatic N) is 3. The Bertz CT molecular complexity index is 682. The highest BCUT2D eigenvalue weighted by Crippen LogP contribution is 2.25. The summed E-state index contributed by atoms with van der Waals surface area (Å²) < 4.78 is 5.41. The van der Waals surface area contributed by atoms with Gasteiger partial charge in [0.1, 0.15) is 5.76 Å². The van der Waals surface area contributed by atoms with E-state index in [-0.39, 0.29) is 17.4 Å². The maximum Gasteiger partial charge on any atom is 0.279 e. The molecule has 0 aromatic carbocycles. The Kier molecular flexibility index (Phi) is 5.67. The highest BCUT2D eigenvalue weighted by Gasteiger charge is 2.14. The maximum absolute atomic E-state index is 11.8. The number of hydrogen-bond acceptors (Lipinski definition) is 8. The molecule has 0 aliphatic heterocycles. The highest BCUT2D eigenvalue weighted by atomic mass is 32.2. The topological polar surface area (TPSA) is 110 Å². The zero-order chi connectivity index (χ0) is 15.9. The van der Waals surface area contributed by atoms with Gasteiger partial charge in [0.25, 0.3) is 5.91 Å². The summed E-state index contributed by atoms with van der Waals surface area (Å²) in [5, 5.41) is 16.9. The van der Waals surface area contributed by atoms with Gasteiger partial charge in [-0.1, -0.05) is 34.3 Å². The number of amides is 2. The molecule has 8 nitrogen and oxygen atoms in total. The van der Waals surface area contributed by atoms with E-state index in [2.05, 4.69) is 32.6 Å². The number of anilines is 1. The van der Waals surface area contributed by atoms with Crippen LogP contribution in [0.3, 0.4) is 0 Å². The van der Waals surface area contributed by atoms with Crippen molar-refractivity contribution in [2.45, 2.75) is 11.3 Å². The van der Waals surface area contributed by atoms with Crippen molar-refractivity contribution in [2.75, 3.05) is 17.6 Å². The summed E-state index contributed by atoms with van der Waals surface area (Å²) in [5.41, 5.74) is 0.172. The molecule has 0 saturated carbocycles. The summed E-state index contributed by atoms with van der Waals surface area (Å²) in [6.07, 6.45) is 1.60. The molecule has 2 N–H and O–H groups in total. The zero-order valence-corrected chi connectivity index (χ0v) is 13.3. The van der Waals surface area contributed by atoms with E-state index in [1.807, 2.05) is 0 Å². The minimum Gasteiger partial charge on any atom is -0.361 e. The lowest BCUT2D eigenvalue weighted by Crippen LogP contribution is -2.24. The molecule has 0 spiro atoms. The second kappa shape index (κ2) is 7.71. The molecule has 0 aliphatic carbocycles. The number of thioether (sulfide) groups is 1. The van der Waals surface area contributed by atoms with Crippen LogP contribution in [0.5, 0.6) is 0 Å². The molecule has 2 aromatic rings. The third kappa shape index (κ3) is 4.67.